The summed E-state index contributed by atoms with van der Waals surface area (Å²) < 4.78 is 6.41. The molecule has 8 aromatic carbocycles. The minimum Gasteiger partial charge on any atom is -0.456 e. The average molecular weight is 624 g/mol. The molecule has 0 N–H and O–H groups in total. The van der Waals surface area contributed by atoms with Crippen LogP contribution in [0.25, 0.3) is 109 Å². The smallest absolute Gasteiger partial charge is 0.164 e. The number of hydrogen-bond donors (Lipinski definition) is 0. The third kappa shape index (κ3) is 3.89. The molecule has 0 atom stereocenters. The van der Waals surface area contributed by atoms with E-state index in [2.05, 4.69) is 140 Å². The summed E-state index contributed by atoms with van der Waals surface area (Å²) >= 11 is 0. The average Bonchev–Trinajstić information content (AvgIpc) is 3.56. The Bertz CT molecular complexity index is 3200. The van der Waals surface area contributed by atoms with Gasteiger partial charge in [-0.25, -0.2) is 15.0 Å². The van der Waals surface area contributed by atoms with Gasteiger partial charge in [-0.2, -0.15) is 0 Å². The van der Waals surface area contributed by atoms with Gasteiger partial charge in [0.05, 0.1) is 0 Å². The van der Waals surface area contributed by atoms with E-state index in [9.17, 15) is 0 Å². The summed E-state index contributed by atoms with van der Waals surface area (Å²) in [5.74, 6) is 0.630. The molecular formula is C45H25N3O. The van der Waals surface area contributed by atoms with Crippen molar-refractivity contribution < 1.29 is 4.42 Å². The summed E-state index contributed by atoms with van der Waals surface area (Å²) in [6.45, 7) is 0. The molecule has 4 heteroatoms. The zero-order valence-corrected chi connectivity index (χ0v) is 26.2. The van der Waals surface area contributed by atoms with Crippen LogP contribution >= 0.6 is 0 Å². The van der Waals surface area contributed by atoms with E-state index in [-0.39, 0.29) is 0 Å². The number of benzene rings is 8. The minimum absolute atomic E-state index is 0.615. The molecule has 0 radical (unpaired) electrons. The summed E-state index contributed by atoms with van der Waals surface area (Å²) in [4.78, 5) is 15.6. The first-order valence-electron chi connectivity index (χ1n) is 16.5. The highest BCUT2D eigenvalue weighted by Crippen LogP contribution is 2.38. The summed E-state index contributed by atoms with van der Waals surface area (Å²) in [6, 6.07) is 53.6. The second-order valence-electron chi connectivity index (χ2n) is 12.8. The Balaban J connectivity index is 1.32. The number of hydrogen-bond acceptors (Lipinski definition) is 4. The molecule has 3 heterocycles. The molecule has 0 aliphatic rings. The molecular weight excluding hydrogens is 599 g/mol. The predicted octanol–water partition coefficient (Wildman–Crippen LogP) is 12.1. The highest BCUT2D eigenvalue weighted by atomic mass is 16.3. The van der Waals surface area contributed by atoms with Crippen LogP contribution in [0.3, 0.4) is 0 Å². The fourth-order valence-electron chi connectivity index (χ4n) is 7.79. The molecule has 0 fully saturated rings. The number of furan rings is 1. The predicted molar refractivity (Wildman–Crippen MR) is 204 cm³/mol. The maximum absolute atomic E-state index is 6.41. The molecule has 226 valence electrons. The molecule has 49 heavy (non-hydrogen) atoms. The van der Waals surface area contributed by atoms with Crippen molar-refractivity contribution in [3.8, 4) is 11.4 Å². The van der Waals surface area contributed by atoms with E-state index in [1.807, 2.05) is 12.1 Å². The molecule has 0 aliphatic heterocycles. The second kappa shape index (κ2) is 9.93. The lowest BCUT2D eigenvalue weighted by atomic mass is 9.93. The van der Waals surface area contributed by atoms with Crippen molar-refractivity contribution in [3.63, 3.8) is 0 Å². The fraction of sp³-hybridized carbons (Fsp3) is 0. The normalized spacial score (nSPS) is 12.1. The molecule has 6 bridgehead atoms. The summed E-state index contributed by atoms with van der Waals surface area (Å²) in [5, 5.41) is 15.8. The van der Waals surface area contributed by atoms with Crippen LogP contribution in [0.5, 0.6) is 0 Å². The maximum atomic E-state index is 6.41. The van der Waals surface area contributed by atoms with Crippen LogP contribution in [0.1, 0.15) is 0 Å². The van der Waals surface area contributed by atoms with E-state index in [1.54, 1.807) is 0 Å². The number of fused-ring (bicyclic) bond motifs is 16. The Labute approximate surface area is 279 Å². The van der Waals surface area contributed by atoms with Crippen LogP contribution in [0, 0.1) is 0 Å². The Morgan fingerprint density at radius 1 is 0.327 bits per heavy atom. The summed E-state index contributed by atoms with van der Waals surface area (Å²) in [7, 11) is 0. The molecule has 4 nitrogen and oxygen atoms in total. The molecule has 0 spiro atoms. The van der Waals surface area contributed by atoms with Crippen molar-refractivity contribution in [3.05, 3.63) is 152 Å². The van der Waals surface area contributed by atoms with Crippen LogP contribution < -0.4 is 0 Å². The maximum Gasteiger partial charge on any atom is 0.164 e. The quantitative estimate of drug-likeness (QED) is 0.171. The molecule has 0 aliphatic carbocycles. The summed E-state index contributed by atoms with van der Waals surface area (Å²) in [6.07, 6.45) is 0. The Hall–Kier alpha value is -6.65. The SMILES string of the molecule is c1cc2cc(c1)c1ccccc1c1ccc3oc4cccc(c5nc(-c6ccc7c8ccccc8c8ccccc8c7c6)nc2n5)c4c3c1. The van der Waals surface area contributed by atoms with E-state index >= 15 is 0 Å². The van der Waals surface area contributed by atoms with Gasteiger partial charge in [0, 0.05) is 27.1 Å². The first-order valence-corrected chi connectivity index (χ1v) is 16.5. The minimum atomic E-state index is 0.615. The van der Waals surface area contributed by atoms with Gasteiger partial charge in [0.1, 0.15) is 11.2 Å². The van der Waals surface area contributed by atoms with Crippen LogP contribution in [-0.2, 0) is 0 Å². The fourth-order valence-corrected chi connectivity index (χ4v) is 7.79. The third-order valence-electron chi connectivity index (χ3n) is 10.0. The van der Waals surface area contributed by atoms with Crippen molar-refractivity contribution in [2.24, 2.45) is 0 Å². The molecule has 3 aromatic heterocycles. The van der Waals surface area contributed by atoms with Gasteiger partial charge in [0.15, 0.2) is 17.1 Å². The highest BCUT2D eigenvalue weighted by Gasteiger charge is 2.15. The Kier molecular flexibility index (Phi) is 5.35. The molecule has 0 unspecified atom stereocenters. The highest BCUT2D eigenvalue weighted by molar-refractivity contribution is 6.26. The van der Waals surface area contributed by atoms with Gasteiger partial charge < -0.3 is 4.42 Å². The first kappa shape index (κ1) is 26.4. The van der Waals surface area contributed by atoms with Gasteiger partial charge in [-0.1, -0.05) is 121 Å². The van der Waals surface area contributed by atoms with Crippen LogP contribution in [0.4, 0.5) is 0 Å². The van der Waals surface area contributed by atoms with Crippen molar-refractivity contribution >= 4 is 97.9 Å². The second-order valence-corrected chi connectivity index (χ2v) is 12.8. The van der Waals surface area contributed by atoms with E-state index in [4.69, 9.17) is 19.4 Å². The van der Waals surface area contributed by atoms with E-state index in [0.717, 1.165) is 59.8 Å². The lowest BCUT2D eigenvalue weighted by Gasteiger charge is -2.11. The van der Waals surface area contributed by atoms with Gasteiger partial charge in [0.2, 0.25) is 0 Å². The number of rotatable bonds is 1. The number of nitrogens with zero attached hydrogens (tertiary/aromatic N) is 3. The monoisotopic (exact) mass is 623 g/mol. The van der Waals surface area contributed by atoms with Crippen LogP contribution in [0.2, 0.25) is 0 Å². The standard InChI is InChI=1S/C45H25N3O/c1-2-12-31-27-20-22-40-39(24-27)42-37(17-8-18-41(42)49-40)45-47-43(28-10-7-9-26(23-28)30(31)11-1)46-44(48-45)29-19-21-36-34-15-4-3-13-32(34)33-14-5-6-16-35(33)38(36)25-29/h1-25H. The van der Waals surface area contributed by atoms with Crippen molar-refractivity contribution in [2.75, 3.05) is 0 Å². The molecule has 0 amide bonds. The van der Waals surface area contributed by atoms with Crippen molar-refractivity contribution in [2.45, 2.75) is 0 Å². The zero-order valence-electron chi connectivity index (χ0n) is 26.2. The summed E-state index contributed by atoms with van der Waals surface area (Å²) in [5.41, 5.74) is 3.83. The molecule has 0 saturated heterocycles. The largest absolute Gasteiger partial charge is 0.456 e. The lowest BCUT2D eigenvalue weighted by Crippen LogP contribution is -1.95. The van der Waals surface area contributed by atoms with Gasteiger partial charge in [-0.15, -0.1) is 0 Å². The van der Waals surface area contributed by atoms with Crippen molar-refractivity contribution in [1.82, 2.24) is 15.0 Å². The number of aromatic nitrogens is 3. The van der Waals surface area contributed by atoms with Gasteiger partial charge in [0.25, 0.3) is 0 Å². The van der Waals surface area contributed by atoms with Crippen molar-refractivity contribution in [1.29, 1.82) is 0 Å². The van der Waals surface area contributed by atoms with Gasteiger partial charge in [-0.3, -0.25) is 0 Å². The van der Waals surface area contributed by atoms with Crippen LogP contribution in [-0.4, -0.2) is 15.0 Å². The third-order valence-corrected chi connectivity index (χ3v) is 10.0. The van der Waals surface area contributed by atoms with E-state index in [1.165, 1.54) is 32.3 Å². The zero-order chi connectivity index (χ0) is 32.1. The molecule has 0 saturated carbocycles. The molecule has 11 rings (SSSR count). The Morgan fingerprint density at radius 3 is 1.67 bits per heavy atom. The van der Waals surface area contributed by atoms with Gasteiger partial charge >= 0.3 is 0 Å². The Morgan fingerprint density at radius 2 is 0.918 bits per heavy atom. The van der Waals surface area contributed by atoms with E-state index < -0.39 is 0 Å². The molecule has 11 aromatic rings. The van der Waals surface area contributed by atoms with E-state index in [0.29, 0.717) is 17.1 Å². The van der Waals surface area contributed by atoms with Gasteiger partial charge in [-0.05, 0) is 84.2 Å². The topological polar surface area (TPSA) is 51.8 Å². The first-order chi connectivity index (χ1) is 24.3. The van der Waals surface area contributed by atoms with Crippen LogP contribution in [0.15, 0.2) is 156 Å². The lowest BCUT2D eigenvalue weighted by molar-refractivity contribution is 0.669.